The van der Waals surface area contributed by atoms with Gasteiger partial charge in [0.25, 0.3) is 5.91 Å². The summed E-state index contributed by atoms with van der Waals surface area (Å²) in [5, 5.41) is 8.73. The number of primary amides is 1. The quantitative estimate of drug-likeness (QED) is 0.624. The van der Waals surface area contributed by atoms with Crippen molar-refractivity contribution in [2.24, 2.45) is 11.7 Å². The molecule has 0 aliphatic heterocycles. The summed E-state index contributed by atoms with van der Waals surface area (Å²) in [6.45, 7) is 0. The Balaban J connectivity index is 2.11. The fraction of sp³-hybridized carbons (Fsp3) is 0.375. The minimum atomic E-state index is -0.607. The highest BCUT2D eigenvalue weighted by Crippen LogP contribution is 2.30. The third-order valence-electron chi connectivity index (χ3n) is 2.10. The van der Waals surface area contributed by atoms with Crippen molar-refractivity contribution in [3.8, 4) is 0 Å². The van der Waals surface area contributed by atoms with Crippen LogP contribution in [0, 0.1) is 5.92 Å². The first-order valence-corrected chi connectivity index (χ1v) is 4.32. The smallest absolute Gasteiger partial charge is 0.254 e. The highest BCUT2D eigenvalue weighted by molar-refractivity contribution is 6.02. The van der Waals surface area contributed by atoms with Crippen molar-refractivity contribution in [3.05, 3.63) is 11.8 Å². The number of carbonyl (C=O) groups is 2. The van der Waals surface area contributed by atoms with E-state index in [0.717, 1.165) is 12.8 Å². The highest BCUT2D eigenvalue weighted by atomic mass is 16.2. The molecule has 1 aromatic rings. The summed E-state index contributed by atoms with van der Waals surface area (Å²) in [5.74, 6) is -0.324. The van der Waals surface area contributed by atoms with Gasteiger partial charge in [0.2, 0.25) is 5.91 Å². The molecule has 6 nitrogen and oxygen atoms in total. The third-order valence-corrected chi connectivity index (χ3v) is 2.10. The topological polar surface area (TPSA) is 101 Å². The number of nitrogens with zero attached hydrogens (tertiary/aromatic N) is 1. The maximum atomic E-state index is 11.3. The average molecular weight is 194 g/mol. The molecule has 0 saturated heterocycles. The van der Waals surface area contributed by atoms with Gasteiger partial charge in [0, 0.05) is 5.92 Å². The summed E-state index contributed by atoms with van der Waals surface area (Å²) in [5.41, 5.74) is 5.28. The molecule has 2 rings (SSSR count). The molecular weight excluding hydrogens is 184 g/mol. The molecule has 1 aliphatic carbocycles. The van der Waals surface area contributed by atoms with Crippen LogP contribution in [0.25, 0.3) is 0 Å². The van der Waals surface area contributed by atoms with E-state index in [9.17, 15) is 9.59 Å². The van der Waals surface area contributed by atoms with E-state index >= 15 is 0 Å². The van der Waals surface area contributed by atoms with E-state index < -0.39 is 5.91 Å². The SMILES string of the molecule is NC(=O)c1cn[nH]c1NC(=O)C1CC1. The predicted molar refractivity (Wildman–Crippen MR) is 48.5 cm³/mol. The largest absolute Gasteiger partial charge is 0.365 e. The van der Waals surface area contributed by atoms with Crippen LogP contribution in [-0.4, -0.2) is 22.0 Å². The number of nitrogens with one attached hydrogen (secondary N) is 2. The second-order valence-electron chi connectivity index (χ2n) is 3.29. The van der Waals surface area contributed by atoms with Crippen LogP contribution in [0.15, 0.2) is 6.20 Å². The van der Waals surface area contributed by atoms with Gasteiger partial charge in [0.05, 0.1) is 6.20 Å². The van der Waals surface area contributed by atoms with Crippen molar-refractivity contribution >= 4 is 17.6 Å². The maximum Gasteiger partial charge on any atom is 0.254 e. The Labute approximate surface area is 79.9 Å². The number of amides is 2. The van der Waals surface area contributed by atoms with Gasteiger partial charge in [-0.2, -0.15) is 5.10 Å². The number of carbonyl (C=O) groups excluding carboxylic acids is 2. The summed E-state index contributed by atoms with van der Waals surface area (Å²) in [6.07, 6.45) is 3.11. The summed E-state index contributed by atoms with van der Waals surface area (Å²) < 4.78 is 0. The van der Waals surface area contributed by atoms with Gasteiger partial charge >= 0.3 is 0 Å². The van der Waals surface area contributed by atoms with E-state index in [2.05, 4.69) is 15.5 Å². The Morgan fingerprint density at radius 2 is 2.29 bits per heavy atom. The molecule has 0 bridgehead atoms. The van der Waals surface area contributed by atoms with Gasteiger partial charge in [-0.15, -0.1) is 0 Å². The average Bonchev–Trinajstić information content (AvgIpc) is 2.87. The molecule has 0 spiro atoms. The molecule has 4 N–H and O–H groups in total. The Morgan fingerprint density at radius 3 is 2.86 bits per heavy atom. The minimum absolute atomic E-state index is 0.0824. The molecule has 0 aromatic carbocycles. The number of aromatic amines is 1. The van der Waals surface area contributed by atoms with Crippen molar-refractivity contribution < 1.29 is 9.59 Å². The molecule has 6 heteroatoms. The van der Waals surface area contributed by atoms with E-state index in [-0.39, 0.29) is 23.2 Å². The zero-order chi connectivity index (χ0) is 10.1. The zero-order valence-electron chi connectivity index (χ0n) is 7.41. The lowest BCUT2D eigenvalue weighted by Gasteiger charge is -2.01. The lowest BCUT2D eigenvalue weighted by atomic mass is 10.3. The molecule has 2 amide bonds. The second kappa shape index (κ2) is 3.13. The van der Waals surface area contributed by atoms with Crippen molar-refractivity contribution in [1.82, 2.24) is 10.2 Å². The van der Waals surface area contributed by atoms with E-state index in [4.69, 9.17) is 5.73 Å². The summed E-state index contributed by atoms with van der Waals surface area (Å²) in [6, 6.07) is 0. The summed E-state index contributed by atoms with van der Waals surface area (Å²) in [4.78, 5) is 22.2. The number of H-pyrrole nitrogens is 1. The van der Waals surface area contributed by atoms with Gasteiger partial charge in [-0.3, -0.25) is 14.7 Å². The normalized spacial score (nSPS) is 15.1. The Hall–Kier alpha value is -1.85. The third kappa shape index (κ3) is 1.59. The predicted octanol–water partition coefficient (Wildman–Crippen LogP) is -0.143. The number of rotatable bonds is 3. The molecule has 0 unspecified atom stereocenters. The number of hydrogen-bond acceptors (Lipinski definition) is 3. The van der Waals surface area contributed by atoms with Gasteiger partial charge in [-0.25, -0.2) is 0 Å². The molecule has 14 heavy (non-hydrogen) atoms. The Morgan fingerprint density at radius 1 is 1.57 bits per heavy atom. The standard InChI is InChI=1S/C8H10N4O2/c9-6(13)5-3-10-12-7(5)11-8(14)4-1-2-4/h3-4H,1-2H2,(H2,9,13)(H2,10,11,12,14). The molecule has 0 atom stereocenters. The van der Waals surface area contributed by atoms with Gasteiger partial charge in [0.1, 0.15) is 11.4 Å². The van der Waals surface area contributed by atoms with Crippen LogP contribution in [0.4, 0.5) is 5.82 Å². The molecule has 1 aromatic heterocycles. The van der Waals surface area contributed by atoms with E-state index in [1.165, 1.54) is 6.20 Å². The maximum absolute atomic E-state index is 11.3. The number of anilines is 1. The molecule has 74 valence electrons. The van der Waals surface area contributed by atoms with Crippen LogP contribution < -0.4 is 11.1 Å². The van der Waals surface area contributed by atoms with Crippen LogP contribution in [0.5, 0.6) is 0 Å². The van der Waals surface area contributed by atoms with E-state index in [1.807, 2.05) is 0 Å². The van der Waals surface area contributed by atoms with Crippen LogP contribution in [0.1, 0.15) is 23.2 Å². The fourth-order valence-corrected chi connectivity index (χ4v) is 1.14. The van der Waals surface area contributed by atoms with Crippen LogP contribution in [-0.2, 0) is 4.79 Å². The molecule has 1 fully saturated rings. The monoisotopic (exact) mass is 194 g/mol. The van der Waals surface area contributed by atoms with E-state index in [0.29, 0.717) is 0 Å². The lowest BCUT2D eigenvalue weighted by Crippen LogP contribution is -2.18. The summed E-state index contributed by atoms with van der Waals surface area (Å²) in [7, 11) is 0. The summed E-state index contributed by atoms with van der Waals surface area (Å²) >= 11 is 0. The lowest BCUT2D eigenvalue weighted by molar-refractivity contribution is -0.117. The minimum Gasteiger partial charge on any atom is -0.365 e. The van der Waals surface area contributed by atoms with Gasteiger partial charge in [-0.05, 0) is 12.8 Å². The zero-order valence-corrected chi connectivity index (χ0v) is 7.41. The highest BCUT2D eigenvalue weighted by Gasteiger charge is 2.30. The Kier molecular flexibility index (Phi) is 1.95. The van der Waals surface area contributed by atoms with Crippen LogP contribution in [0.3, 0.4) is 0 Å². The van der Waals surface area contributed by atoms with Gasteiger partial charge < -0.3 is 11.1 Å². The van der Waals surface area contributed by atoms with Crippen molar-refractivity contribution in [3.63, 3.8) is 0 Å². The number of hydrogen-bond donors (Lipinski definition) is 3. The van der Waals surface area contributed by atoms with Gasteiger partial charge in [-0.1, -0.05) is 0 Å². The molecule has 1 aliphatic rings. The van der Waals surface area contributed by atoms with Gasteiger partial charge in [0.15, 0.2) is 0 Å². The van der Waals surface area contributed by atoms with Crippen molar-refractivity contribution in [2.75, 3.05) is 5.32 Å². The van der Waals surface area contributed by atoms with Crippen LogP contribution in [0.2, 0.25) is 0 Å². The van der Waals surface area contributed by atoms with Crippen LogP contribution >= 0.6 is 0 Å². The first-order valence-electron chi connectivity index (χ1n) is 4.32. The number of aromatic nitrogens is 2. The molecule has 0 radical (unpaired) electrons. The van der Waals surface area contributed by atoms with Crippen molar-refractivity contribution in [2.45, 2.75) is 12.8 Å². The molecule has 1 heterocycles. The fourth-order valence-electron chi connectivity index (χ4n) is 1.14. The van der Waals surface area contributed by atoms with E-state index in [1.54, 1.807) is 0 Å². The molecule has 1 saturated carbocycles. The second-order valence-corrected chi connectivity index (χ2v) is 3.29. The first kappa shape index (κ1) is 8.74. The van der Waals surface area contributed by atoms with Crippen molar-refractivity contribution in [1.29, 1.82) is 0 Å². The number of nitrogens with two attached hydrogens (primary N) is 1. The Bertz CT molecular complexity index is 380. The molecular formula is C8H10N4O2. The first-order chi connectivity index (χ1) is 6.68.